The Morgan fingerprint density at radius 3 is 2.44 bits per heavy atom. The normalized spacial score (nSPS) is 19.6. The minimum absolute atomic E-state index is 0.00752. The number of carboxylic acid groups (broad SMARTS) is 1. The van der Waals surface area contributed by atoms with Gasteiger partial charge in [-0.15, -0.1) is 0 Å². The fraction of sp³-hybridized carbons (Fsp3) is 0.714. The standard InChI is InChI=1S/C14H23NO3/c1-3-14(4-2,13(17)18)10-15-12(16)11-8-6-5-7-9-11/h5-6,11H,3-4,7-10H2,1-2H3,(H,15,16)(H,17,18)/t11-/m1/s1. The lowest BCUT2D eigenvalue weighted by atomic mass is 9.82. The molecule has 0 unspecified atom stereocenters. The van der Waals surface area contributed by atoms with E-state index >= 15 is 0 Å². The minimum atomic E-state index is -0.823. The average molecular weight is 253 g/mol. The van der Waals surface area contributed by atoms with Crippen molar-refractivity contribution in [1.29, 1.82) is 0 Å². The monoisotopic (exact) mass is 253 g/mol. The Kier molecular flexibility index (Phi) is 5.38. The summed E-state index contributed by atoms with van der Waals surface area (Å²) >= 11 is 0. The first kappa shape index (κ1) is 14.7. The maximum absolute atomic E-state index is 12.0. The molecule has 1 amide bonds. The molecule has 1 rings (SSSR count). The summed E-state index contributed by atoms with van der Waals surface area (Å²) in [7, 11) is 0. The molecule has 18 heavy (non-hydrogen) atoms. The van der Waals surface area contributed by atoms with Crippen LogP contribution in [0.25, 0.3) is 0 Å². The number of carbonyl (C=O) groups is 2. The summed E-state index contributed by atoms with van der Waals surface area (Å²) in [5.74, 6) is -0.821. The number of hydrogen-bond donors (Lipinski definition) is 2. The zero-order chi connectivity index (χ0) is 13.6. The molecule has 0 aliphatic heterocycles. The number of amides is 1. The Morgan fingerprint density at radius 2 is 2.00 bits per heavy atom. The molecule has 0 spiro atoms. The van der Waals surface area contributed by atoms with E-state index in [-0.39, 0.29) is 18.4 Å². The first-order valence-corrected chi connectivity index (χ1v) is 6.72. The summed E-state index contributed by atoms with van der Waals surface area (Å²) in [6.07, 6.45) is 7.74. The first-order valence-electron chi connectivity index (χ1n) is 6.72. The van der Waals surface area contributed by atoms with Crippen LogP contribution in [-0.2, 0) is 9.59 Å². The van der Waals surface area contributed by atoms with E-state index in [9.17, 15) is 14.7 Å². The van der Waals surface area contributed by atoms with Crippen molar-refractivity contribution < 1.29 is 14.7 Å². The second-order valence-corrected chi connectivity index (χ2v) is 4.99. The van der Waals surface area contributed by atoms with Crippen molar-refractivity contribution in [3.63, 3.8) is 0 Å². The lowest BCUT2D eigenvalue weighted by Crippen LogP contribution is -2.44. The summed E-state index contributed by atoms with van der Waals surface area (Å²) in [6, 6.07) is 0. The molecule has 0 aromatic rings. The van der Waals surface area contributed by atoms with Gasteiger partial charge in [0.05, 0.1) is 5.41 Å². The molecule has 4 heteroatoms. The van der Waals surface area contributed by atoms with Gasteiger partial charge in [0.1, 0.15) is 0 Å². The predicted molar refractivity (Wildman–Crippen MR) is 70.1 cm³/mol. The van der Waals surface area contributed by atoms with Gasteiger partial charge in [0.2, 0.25) is 5.91 Å². The van der Waals surface area contributed by atoms with Gasteiger partial charge >= 0.3 is 5.97 Å². The Hall–Kier alpha value is -1.32. The largest absolute Gasteiger partial charge is 0.481 e. The average Bonchev–Trinajstić information content (AvgIpc) is 2.41. The van der Waals surface area contributed by atoms with Gasteiger partial charge in [0.15, 0.2) is 0 Å². The molecule has 1 aliphatic rings. The predicted octanol–water partition coefficient (Wildman–Crippen LogP) is 2.35. The summed E-state index contributed by atoms with van der Waals surface area (Å²) in [4.78, 5) is 23.3. The highest BCUT2D eigenvalue weighted by molar-refractivity contribution is 5.81. The number of nitrogens with one attached hydrogen (secondary N) is 1. The minimum Gasteiger partial charge on any atom is -0.481 e. The van der Waals surface area contributed by atoms with Crippen molar-refractivity contribution in [3.05, 3.63) is 12.2 Å². The fourth-order valence-corrected chi connectivity index (χ4v) is 2.31. The number of carboxylic acids is 1. The SMILES string of the molecule is CCC(CC)(CNC(=O)[C@@H]1CC=CCC1)C(=O)O. The molecule has 0 bridgehead atoms. The Morgan fingerprint density at radius 1 is 1.33 bits per heavy atom. The van der Waals surface area contributed by atoms with Crippen LogP contribution in [0.2, 0.25) is 0 Å². The van der Waals surface area contributed by atoms with Gasteiger partial charge in [0, 0.05) is 12.5 Å². The molecule has 0 saturated heterocycles. The van der Waals surface area contributed by atoms with Crippen LogP contribution in [0.3, 0.4) is 0 Å². The van der Waals surface area contributed by atoms with Gasteiger partial charge in [0.25, 0.3) is 0 Å². The molecule has 0 aromatic carbocycles. The third-order valence-corrected chi connectivity index (χ3v) is 4.05. The van der Waals surface area contributed by atoms with Crippen LogP contribution in [0, 0.1) is 11.3 Å². The van der Waals surface area contributed by atoms with Crippen LogP contribution >= 0.6 is 0 Å². The van der Waals surface area contributed by atoms with Gasteiger partial charge in [-0.25, -0.2) is 0 Å². The van der Waals surface area contributed by atoms with Crippen LogP contribution in [0.5, 0.6) is 0 Å². The molecule has 1 atom stereocenters. The molecule has 102 valence electrons. The number of allylic oxidation sites excluding steroid dienone is 2. The smallest absolute Gasteiger partial charge is 0.311 e. The quantitative estimate of drug-likeness (QED) is 0.714. The van der Waals surface area contributed by atoms with Crippen molar-refractivity contribution in [2.45, 2.75) is 46.0 Å². The van der Waals surface area contributed by atoms with Crippen molar-refractivity contribution in [2.24, 2.45) is 11.3 Å². The zero-order valence-electron chi connectivity index (χ0n) is 11.2. The van der Waals surface area contributed by atoms with E-state index in [1.165, 1.54) is 0 Å². The molecular formula is C14H23NO3. The second kappa shape index (κ2) is 6.57. The Bertz CT molecular complexity index is 332. The van der Waals surface area contributed by atoms with E-state index in [0.29, 0.717) is 12.8 Å². The summed E-state index contributed by atoms with van der Waals surface area (Å²) in [6.45, 7) is 3.94. The second-order valence-electron chi connectivity index (χ2n) is 4.99. The molecule has 0 aromatic heterocycles. The molecule has 4 nitrogen and oxygen atoms in total. The highest BCUT2D eigenvalue weighted by Gasteiger charge is 2.35. The molecular weight excluding hydrogens is 230 g/mol. The summed E-state index contributed by atoms with van der Waals surface area (Å²) in [5, 5.41) is 12.1. The van der Waals surface area contributed by atoms with Gasteiger partial charge in [-0.05, 0) is 32.1 Å². The first-order chi connectivity index (χ1) is 8.55. The van der Waals surface area contributed by atoms with Gasteiger partial charge in [-0.2, -0.15) is 0 Å². The van der Waals surface area contributed by atoms with Gasteiger partial charge < -0.3 is 10.4 Å². The maximum Gasteiger partial charge on any atom is 0.311 e. The summed E-state index contributed by atoms with van der Waals surface area (Å²) < 4.78 is 0. The lowest BCUT2D eigenvalue weighted by molar-refractivity contribution is -0.149. The van der Waals surface area contributed by atoms with Crippen molar-refractivity contribution in [3.8, 4) is 0 Å². The molecule has 0 fully saturated rings. The number of rotatable bonds is 6. The number of hydrogen-bond acceptors (Lipinski definition) is 2. The van der Waals surface area contributed by atoms with Crippen LogP contribution in [-0.4, -0.2) is 23.5 Å². The molecule has 0 saturated carbocycles. The van der Waals surface area contributed by atoms with E-state index in [0.717, 1.165) is 19.3 Å². The van der Waals surface area contributed by atoms with Crippen molar-refractivity contribution >= 4 is 11.9 Å². The third-order valence-electron chi connectivity index (χ3n) is 4.05. The molecule has 0 radical (unpaired) electrons. The van der Waals surface area contributed by atoms with Gasteiger partial charge in [-0.3, -0.25) is 9.59 Å². The number of carbonyl (C=O) groups excluding carboxylic acids is 1. The molecule has 0 heterocycles. The number of aliphatic carboxylic acids is 1. The molecule has 1 aliphatic carbocycles. The highest BCUT2D eigenvalue weighted by Crippen LogP contribution is 2.26. The van der Waals surface area contributed by atoms with Crippen LogP contribution < -0.4 is 5.32 Å². The fourth-order valence-electron chi connectivity index (χ4n) is 2.31. The van der Waals surface area contributed by atoms with Crippen molar-refractivity contribution in [1.82, 2.24) is 5.32 Å². The Balaban J connectivity index is 2.54. The zero-order valence-corrected chi connectivity index (χ0v) is 11.2. The van der Waals surface area contributed by atoms with E-state index in [1.54, 1.807) is 0 Å². The lowest BCUT2D eigenvalue weighted by Gasteiger charge is -2.28. The van der Waals surface area contributed by atoms with Gasteiger partial charge in [-0.1, -0.05) is 26.0 Å². The summed E-state index contributed by atoms with van der Waals surface area (Å²) in [5.41, 5.74) is -0.819. The third kappa shape index (κ3) is 3.34. The molecule has 2 N–H and O–H groups in total. The van der Waals surface area contributed by atoms with E-state index in [4.69, 9.17) is 0 Å². The highest BCUT2D eigenvalue weighted by atomic mass is 16.4. The van der Waals surface area contributed by atoms with E-state index in [2.05, 4.69) is 11.4 Å². The van der Waals surface area contributed by atoms with E-state index in [1.807, 2.05) is 19.9 Å². The Labute approximate surface area is 108 Å². The van der Waals surface area contributed by atoms with E-state index < -0.39 is 11.4 Å². The topological polar surface area (TPSA) is 66.4 Å². The van der Waals surface area contributed by atoms with Crippen LogP contribution in [0.4, 0.5) is 0 Å². The van der Waals surface area contributed by atoms with Crippen molar-refractivity contribution in [2.75, 3.05) is 6.54 Å². The van der Waals surface area contributed by atoms with Crippen LogP contribution in [0.1, 0.15) is 46.0 Å². The van der Waals surface area contributed by atoms with Crippen LogP contribution in [0.15, 0.2) is 12.2 Å². The maximum atomic E-state index is 12.0.